The van der Waals surface area contributed by atoms with Crippen molar-refractivity contribution in [2.45, 2.75) is 57.8 Å². The molecule has 0 saturated carbocycles. The molecule has 0 radical (unpaired) electrons. The predicted octanol–water partition coefficient (Wildman–Crippen LogP) is 2.61. The van der Waals surface area contributed by atoms with Gasteiger partial charge in [-0.05, 0) is 45.8 Å². The highest BCUT2D eigenvalue weighted by Crippen LogP contribution is 2.35. The van der Waals surface area contributed by atoms with Crippen molar-refractivity contribution in [2.75, 3.05) is 0 Å². The molecule has 1 atom stereocenters. The van der Waals surface area contributed by atoms with Crippen LogP contribution in [0.3, 0.4) is 0 Å². The molecule has 1 heterocycles. The van der Waals surface area contributed by atoms with E-state index in [4.69, 9.17) is 8.23 Å². The van der Waals surface area contributed by atoms with Crippen LogP contribution in [-0.2, 0) is 22.6 Å². The average molecular weight is 321 g/mol. The van der Waals surface area contributed by atoms with Gasteiger partial charge in [-0.1, -0.05) is 0 Å². The van der Waals surface area contributed by atoms with Gasteiger partial charge >= 0.3 is 20.5 Å². The molecule has 1 aliphatic heterocycles. The molecule has 0 amide bonds. The Kier molecular flexibility index (Phi) is 4.63. The molecule has 0 aliphatic carbocycles. The largest absolute Gasteiger partial charge is 0.437 e. The van der Waals surface area contributed by atoms with Gasteiger partial charge in [-0.3, -0.25) is 9.59 Å². The minimum absolute atomic E-state index is 0.148. The summed E-state index contributed by atoms with van der Waals surface area (Å²) >= 11 is 0. The van der Waals surface area contributed by atoms with Gasteiger partial charge in [-0.2, -0.15) is 0 Å². The molecule has 8 heteroatoms. The van der Waals surface area contributed by atoms with Gasteiger partial charge in [-0.25, -0.2) is 0 Å². The summed E-state index contributed by atoms with van der Waals surface area (Å²) in [6.45, 7) is 14.3. The van der Waals surface area contributed by atoms with Crippen LogP contribution in [0.5, 0.6) is 0 Å². The molecule has 19 heavy (non-hydrogen) atoms. The average Bonchev–Trinajstić information content (AvgIpc) is 2.38. The number of esters is 2. The highest BCUT2D eigenvalue weighted by molar-refractivity contribution is 6.89. The fraction of sp³-hybridized carbons (Fsp3) is 0.818. The van der Waals surface area contributed by atoms with Crippen molar-refractivity contribution >= 4 is 37.1 Å². The van der Waals surface area contributed by atoms with Crippen LogP contribution in [0.25, 0.3) is 0 Å². The van der Waals surface area contributed by atoms with Gasteiger partial charge in [0.1, 0.15) is 0 Å². The van der Waals surface area contributed by atoms with Gasteiger partial charge in [0, 0.05) is 0 Å². The number of carbonyl (C=O) groups excluding carboxylic acids is 2. The van der Waals surface area contributed by atoms with E-state index in [-0.39, 0.29) is 6.42 Å². The molecule has 0 aromatic carbocycles. The summed E-state index contributed by atoms with van der Waals surface area (Å²) in [4.78, 5) is 22.9. The van der Waals surface area contributed by atoms with E-state index >= 15 is 0 Å². The summed E-state index contributed by atoms with van der Waals surface area (Å²) in [7, 11) is -6.32. The highest BCUT2D eigenvalue weighted by atomic mass is 28.5. The van der Waals surface area contributed by atoms with E-state index < -0.39 is 42.7 Å². The molecule has 110 valence electrons. The molecule has 1 saturated heterocycles. The van der Waals surface area contributed by atoms with Crippen LogP contribution in [0.2, 0.25) is 51.4 Å². The summed E-state index contributed by atoms with van der Waals surface area (Å²) in [6, 6.07) is 0. The minimum atomic E-state index is -2.35. The van der Waals surface area contributed by atoms with Gasteiger partial charge in [0.05, 0.1) is 12.0 Å². The van der Waals surface area contributed by atoms with Crippen molar-refractivity contribution in [1.29, 1.82) is 0 Å². The maximum absolute atomic E-state index is 11.7. The molecule has 1 aliphatic rings. The number of carbonyl (C=O) groups is 2. The second-order valence-electron chi connectivity index (χ2n) is 6.87. The van der Waals surface area contributed by atoms with Gasteiger partial charge in [0.2, 0.25) is 0 Å². The maximum atomic E-state index is 11.7. The van der Waals surface area contributed by atoms with E-state index in [1.807, 2.05) is 26.2 Å². The zero-order valence-corrected chi connectivity index (χ0v) is 15.8. The Morgan fingerprint density at radius 2 is 1.53 bits per heavy atom. The van der Waals surface area contributed by atoms with E-state index in [1.54, 1.807) is 0 Å². The molecule has 0 spiro atoms. The highest BCUT2D eigenvalue weighted by Gasteiger charge is 2.50. The van der Waals surface area contributed by atoms with Crippen molar-refractivity contribution in [2.24, 2.45) is 0 Å². The topological polar surface area (TPSA) is 61.8 Å². The van der Waals surface area contributed by atoms with E-state index in [9.17, 15) is 9.59 Å². The van der Waals surface area contributed by atoms with Gasteiger partial charge < -0.3 is 13.0 Å². The fourth-order valence-corrected chi connectivity index (χ4v) is 15.8. The second kappa shape index (κ2) is 5.24. The Balaban J connectivity index is 2.79. The molecule has 1 unspecified atom stereocenters. The van der Waals surface area contributed by atoms with E-state index in [2.05, 4.69) is 24.4 Å². The zero-order valence-electron chi connectivity index (χ0n) is 12.8. The normalized spacial score (nSPS) is 21.7. The van der Waals surface area contributed by atoms with E-state index in [0.29, 0.717) is 0 Å². The lowest BCUT2D eigenvalue weighted by molar-refractivity contribution is -0.152. The molecule has 1 rings (SSSR count). The standard InChI is InChI=1S/C11H24O5Si3/c1-17(2,3)15-19(6,7)16-18(4,5)9-8-10(12)14-11(9)13/h9H,8H2,1-7H3. The van der Waals surface area contributed by atoms with Gasteiger partial charge in [-0.15, -0.1) is 0 Å². The molecule has 5 nitrogen and oxygen atoms in total. The van der Waals surface area contributed by atoms with Crippen molar-refractivity contribution < 1.29 is 22.6 Å². The lowest BCUT2D eigenvalue weighted by atomic mass is 10.3. The fourth-order valence-electron chi connectivity index (χ4n) is 2.47. The Bertz CT molecular complexity index is 386. The Morgan fingerprint density at radius 1 is 1.00 bits per heavy atom. The lowest BCUT2D eigenvalue weighted by Gasteiger charge is -2.38. The number of hydrogen-bond donors (Lipinski definition) is 0. The Hall–Kier alpha value is -0.289. The quantitative estimate of drug-likeness (QED) is 0.443. The minimum Gasteiger partial charge on any atom is -0.437 e. The first kappa shape index (κ1) is 16.8. The molecular formula is C11H24O5Si3. The smallest absolute Gasteiger partial charge is 0.316 e. The van der Waals surface area contributed by atoms with Crippen LogP contribution >= 0.6 is 0 Å². The van der Waals surface area contributed by atoms with Crippen molar-refractivity contribution in [3.8, 4) is 0 Å². The van der Waals surface area contributed by atoms with E-state index in [0.717, 1.165) is 0 Å². The van der Waals surface area contributed by atoms with Crippen molar-refractivity contribution in [3.05, 3.63) is 0 Å². The summed E-state index contributed by atoms with van der Waals surface area (Å²) < 4.78 is 17.0. The monoisotopic (exact) mass is 320 g/mol. The summed E-state index contributed by atoms with van der Waals surface area (Å²) in [5.74, 6) is -0.871. The number of cyclic esters (lactones) is 2. The summed E-state index contributed by atoms with van der Waals surface area (Å²) in [6.07, 6.45) is 0.148. The second-order valence-corrected chi connectivity index (χ2v) is 19.4. The van der Waals surface area contributed by atoms with Crippen LogP contribution in [0.15, 0.2) is 0 Å². The SMILES string of the molecule is C[Si](C)(C)O[Si](C)(C)O[Si](C)(C)C1CC(=O)OC1=O. The van der Waals surface area contributed by atoms with E-state index in [1.165, 1.54) is 0 Å². The third-order valence-electron chi connectivity index (χ3n) is 2.77. The number of hydrogen-bond acceptors (Lipinski definition) is 5. The third-order valence-corrected chi connectivity index (χ3v) is 13.4. The van der Waals surface area contributed by atoms with Crippen molar-refractivity contribution in [3.63, 3.8) is 0 Å². The van der Waals surface area contributed by atoms with Crippen LogP contribution in [0.4, 0.5) is 0 Å². The number of ether oxygens (including phenoxy) is 1. The molecule has 0 aromatic rings. The Labute approximate surface area is 118 Å². The lowest BCUT2D eigenvalue weighted by Crippen LogP contribution is -2.53. The van der Waals surface area contributed by atoms with Crippen LogP contribution in [0.1, 0.15) is 6.42 Å². The summed E-state index contributed by atoms with van der Waals surface area (Å²) in [5.41, 5.74) is -0.406. The first-order valence-electron chi connectivity index (χ1n) is 6.47. The first-order chi connectivity index (χ1) is 8.32. The predicted molar refractivity (Wildman–Crippen MR) is 79.9 cm³/mol. The molecule has 0 bridgehead atoms. The van der Waals surface area contributed by atoms with Crippen LogP contribution in [-0.4, -0.2) is 37.1 Å². The molecular weight excluding hydrogens is 296 g/mol. The van der Waals surface area contributed by atoms with Gasteiger partial charge in [0.25, 0.3) is 0 Å². The maximum Gasteiger partial charge on any atom is 0.316 e. The van der Waals surface area contributed by atoms with Crippen LogP contribution < -0.4 is 0 Å². The van der Waals surface area contributed by atoms with Crippen LogP contribution in [0, 0.1) is 0 Å². The zero-order chi connectivity index (χ0) is 15.1. The Morgan fingerprint density at radius 3 is 1.89 bits per heavy atom. The van der Waals surface area contributed by atoms with Gasteiger partial charge in [0.15, 0.2) is 16.6 Å². The summed E-state index contributed by atoms with van der Waals surface area (Å²) in [5, 5.41) is 0. The first-order valence-corrected chi connectivity index (χ1v) is 15.7. The third kappa shape index (κ3) is 4.95. The molecule has 0 N–H and O–H groups in total. The number of rotatable bonds is 5. The van der Waals surface area contributed by atoms with Crippen molar-refractivity contribution in [1.82, 2.24) is 0 Å². The molecule has 1 fully saturated rings. The molecule has 0 aromatic heterocycles.